The normalized spacial score (nSPS) is 12.7. The van der Waals surface area contributed by atoms with E-state index in [1.165, 1.54) is 29.5 Å². The third-order valence-corrected chi connectivity index (χ3v) is 9.01. The Balaban J connectivity index is 2.06. The van der Waals surface area contributed by atoms with Crippen LogP contribution >= 0.6 is 0 Å². The SMILES string of the molecule is COC(=O)[C@@H](NC(=O)OC(C)(C)C)c1ccc([Si](C)(C)CCCc2ccc(C)cc2)cc1. The van der Waals surface area contributed by atoms with Crippen molar-refractivity contribution in [1.29, 1.82) is 0 Å². The Hall–Kier alpha value is -2.60. The maximum atomic E-state index is 12.3. The van der Waals surface area contributed by atoms with Crippen LogP contribution in [0.2, 0.25) is 19.1 Å². The van der Waals surface area contributed by atoms with Crippen LogP contribution in [0.4, 0.5) is 4.79 Å². The number of benzene rings is 2. The van der Waals surface area contributed by atoms with Crippen LogP contribution in [-0.2, 0) is 20.7 Å². The molecule has 174 valence electrons. The Morgan fingerprint density at radius 1 is 1.00 bits per heavy atom. The van der Waals surface area contributed by atoms with Gasteiger partial charge in [-0.3, -0.25) is 0 Å². The van der Waals surface area contributed by atoms with Crippen LogP contribution in [0.1, 0.15) is 49.9 Å². The number of amides is 1. The topological polar surface area (TPSA) is 64.6 Å². The summed E-state index contributed by atoms with van der Waals surface area (Å²) < 4.78 is 10.2. The summed E-state index contributed by atoms with van der Waals surface area (Å²) in [6.07, 6.45) is 1.58. The minimum atomic E-state index is -1.63. The maximum absolute atomic E-state index is 12.3. The summed E-state index contributed by atoms with van der Waals surface area (Å²) >= 11 is 0. The number of hydrogen-bond acceptors (Lipinski definition) is 4. The molecule has 0 aliphatic carbocycles. The monoisotopic (exact) mass is 455 g/mol. The fourth-order valence-corrected chi connectivity index (χ4v) is 6.00. The molecular formula is C26H37NO4Si. The molecule has 0 bridgehead atoms. The standard InChI is InChI=1S/C26H37NO4Si/c1-19-10-12-20(13-11-19)9-8-18-32(6,7)22-16-14-21(15-17-22)23(24(28)30-5)27-25(29)31-26(2,3)4/h10-17,23H,8-9,18H2,1-7H3,(H,27,29)/t23-/m0/s1. The molecule has 0 heterocycles. The van der Waals surface area contributed by atoms with Gasteiger partial charge >= 0.3 is 12.1 Å². The minimum Gasteiger partial charge on any atom is -0.467 e. The van der Waals surface area contributed by atoms with Crippen LogP contribution in [0.25, 0.3) is 0 Å². The molecule has 0 saturated heterocycles. The van der Waals surface area contributed by atoms with Gasteiger partial charge in [-0.1, -0.05) is 84.8 Å². The average Bonchev–Trinajstić information content (AvgIpc) is 2.71. The lowest BCUT2D eigenvalue weighted by Gasteiger charge is -2.25. The minimum absolute atomic E-state index is 0.529. The van der Waals surface area contributed by atoms with Crippen molar-refractivity contribution in [3.05, 3.63) is 65.2 Å². The second kappa shape index (κ2) is 10.8. The molecular weight excluding hydrogens is 418 g/mol. The van der Waals surface area contributed by atoms with Gasteiger partial charge in [0.25, 0.3) is 0 Å². The number of alkyl carbamates (subject to hydrolysis) is 1. The first-order valence-electron chi connectivity index (χ1n) is 11.1. The van der Waals surface area contributed by atoms with Gasteiger partial charge in [-0.2, -0.15) is 0 Å². The molecule has 2 rings (SSSR count). The fourth-order valence-electron chi connectivity index (χ4n) is 3.58. The van der Waals surface area contributed by atoms with Crippen LogP contribution in [0.5, 0.6) is 0 Å². The molecule has 0 aromatic heterocycles. The van der Waals surface area contributed by atoms with E-state index in [0.29, 0.717) is 5.56 Å². The number of ether oxygens (including phenoxy) is 2. The van der Waals surface area contributed by atoms with Gasteiger partial charge in [0.2, 0.25) is 0 Å². The highest BCUT2D eigenvalue weighted by atomic mass is 28.3. The number of nitrogens with one attached hydrogen (secondary N) is 1. The van der Waals surface area contributed by atoms with Gasteiger partial charge < -0.3 is 14.8 Å². The lowest BCUT2D eigenvalue weighted by Crippen LogP contribution is -2.42. The van der Waals surface area contributed by atoms with E-state index in [1.807, 2.05) is 12.1 Å². The highest BCUT2D eigenvalue weighted by molar-refractivity contribution is 6.89. The van der Waals surface area contributed by atoms with E-state index in [9.17, 15) is 9.59 Å². The average molecular weight is 456 g/mol. The third-order valence-electron chi connectivity index (χ3n) is 5.51. The number of aryl methyl sites for hydroxylation is 2. The molecule has 0 saturated carbocycles. The van der Waals surface area contributed by atoms with E-state index in [0.717, 1.165) is 12.8 Å². The Morgan fingerprint density at radius 3 is 2.12 bits per heavy atom. The molecule has 0 fully saturated rings. The van der Waals surface area contributed by atoms with Crippen molar-refractivity contribution in [2.24, 2.45) is 0 Å². The Bertz CT molecular complexity index is 899. The zero-order chi connectivity index (χ0) is 23.9. The first-order chi connectivity index (χ1) is 14.9. The third kappa shape index (κ3) is 7.82. The number of esters is 1. The summed E-state index contributed by atoms with van der Waals surface area (Å²) in [4.78, 5) is 24.5. The quantitative estimate of drug-likeness (QED) is 0.434. The van der Waals surface area contributed by atoms with Crippen molar-refractivity contribution < 1.29 is 19.1 Å². The molecule has 5 nitrogen and oxygen atoms in total. The fraction of sp³-hybridized carbons (Fsp3) is 0.462. The van der Waals surface area contributed by atoms with E-state index in [2.05, 4.69) is 61.7 Å². The molecule has 0 unspecified atom stereocenters. The van der Waals surface area contributed by atoms with Crippen molar-refractivity contribution in [3.63, 3.8) is 0 Å². The summed E-state index contributed by atoms with van der Waals surface area (Å²) in [5.74, 6) is -0.529. The van der Waals surface area contributed by atoms with Crippen molar-refractivity contribution in [3.8, 4) is 0 Å². The van der Waals surface area contributed by atoms with Gasteiger partial charge in [0.1, 0.15) is 5.60 Å². The van der Waals surface area contributed by atoms with Crippen molar-refractivity contribution >= 4 is 25.3 Å². The zero-order valence-corrected chi connectivity index (χ0v) is 21.5. The molecule has 1 atom stereocenters. The number of hydrogen-bond donors (Lipinski definition) is 1. The lowest BCUT2D eigenvalue weighted by molar-refractivity contribution is -0.143. The van der Waals surface area contributed by atoms with E-state index in [4.69, 9.17) is 9.47 Å². The van der Waals surface area contributed by atoms with E-state index in [-0.39, 0.29) is 0 Å². The van der Waals surface area contributed by atoms with Crippen LogP contribution in [0, 0.1) is 6.92 Å². The van der Waals surface area contributed by atoms with Gasteiger partial charge in [0, 0.05) is 0 Å². The largest absolute Gasteiger partial charge is 0.467 e. The molecule has 32 heavy (non-hydrogen) atoms. The molecule has 2 aromatic carbocycles. The molecule has 2 aromatic rings. The first kappa shape index (κ1) is 25.7. The second-order valence-electron chi connectivity index (χ2n) is 9.95. The van der Waals surface area contributed by atoms with Gasteiger partial charge in [0.15, 0.2) is 6.04 Å². The van der Waals surface area contributed by atoms with E-state index >= 15 is 0 Å². The molecule has 6 heteroatoms. The van der Waals surface area contributed by atoms with Crippen molar-refractivity contribution in [1.82, 2.24) is 5.32 Å². The smallest absolute Gasteiger partial charge is 0.408 e. The number of carbonyl (C=O) groups excluding carboxylic acids is 2. The second-order valence-corrected chi connectivity index (χ2v) is 14.8. The van der Waals surface area contributed by atoms with Gasteiger partial charge in [-0.25, -0.2) is 9.59 Å². The molecule has 1 N–H and O–H groups in total. The first-order valence-corrected chi connectivity index (χ1v) is 14.4. The summed E-state index contributed by atoms with van der Waals surface area (Å²) in [6.45, 7) is 12.2. The zero-order valence-electron chi connectivity index (χ0n) is 20.5. The van der Waals surface area contributed by atoms with Crippen LogP contribution in [0.3, 0.4) is 0 Å². The van der Waals surface area contributed by atoms with Gasteiger partial charge in [0.05, 0.1) is 15.2 Å². The molecule has 1 amide bonds. The highest BCUT2D eigenvalue weighted by Gasteiger charge is 2.28. The van der Waals surface area contributed by atoms with Crippen LogP contribution in [-0.4, -0.2) is 32.8 Å². The van der Waals surface area contributed by atoms with Crippen LogP contribution in [0.15, 0.2) is 48.5 Å². The predicted octanol–water partition coefficient (Wildman–Crippen LogP) is 5.28. The number of rotatable bonds is 8. The Labute approximate surface area is 193 Å². The summed E-state index contributed by atoms with van der Waals surface area (Å²) in [6, 6.07) is 17.0. The highest BCUT2D eigenvalue weighted by Crippen LogP contribution is 2.19. The van der Waals surface area contributed by atoms with Crippen molar-refractivity contribution in [2.75, 3.05) is 7.11 Å². The number of methoxy groups -OCH3 is 1. The predicted molar refractivity (Wildman–Crippen MR) is 132 cm³/mol. The van der Waals surface area contributed by atoms with Gasteiger partial charge in [-0.05, 0) is 45.2 Å². The molecule has 0 radical (unpaired) electrons. The summed E-state index contributed by atoms with van der Waals surface area (Å²) in [5.41, 5.74) is 2.69. The Kier molecular flexibility index (Phi) is 8.67. The summed E-state index contributed by atoms with van der Waals surface area (Å²) in [7, 11) is -0.319. The molecule has 0 aliphatic heterocycles. The van der Waals surface area contributed by atoms with Gasteiger partial charge in [-0.15, -0.1) is 0 Å². The summed E-state index contributed by atoms with van der Waals surface area (Å²) in [5, 5.41) is 3.96. The maximum Gasteiger partial charge on any atom is 0.408 e. The number of carbonyl (C=O) groups is 2. The van der Waals surface area contributed by atoms with E-state index in [1.54, 1.807) is 20.8 Å². The Morgan fingerprint density at radius 2 is 1.59 bits per heavy atom. The molecule has 0 aliphatic rings. The molecule has 0 spiro atoms. The van der Waals surface area contributed by atoms with Crippen LogP contribution < -0.4 is 10.5 Å². The van der Waals surface area contributed by atoms with E-state index < -0.39 is 31.8 Å². The van der Waals surface area contributed by atoms with Crippen molar-refractivity contribution in [2.45, 2.75) is 71.3 Å². The lowest BCUT2D eigenvalue weighted by atomic mass is 10.1.